The zero-order valence-corrected chi connectivity index (χ0v) is 25.5. The Morgan fingerprint density at radius 1 is 1.02 bits per heavy atom. The number of halogens is 6. The molecule has 1 aliphatic heterocycles. The summed E-state index contributed by atoms with van der Waals surface area (Å²) in [7, 11) is -4.58. The Kier molecular flexibility index (Phi) is 11.4. The minimum Gasteiger partial charge on any atom is -0.486 e. The fraction of sp³-hybridized carbons (Fsp3) is 0.387. The van der Waals surface area contributed by atoms with Gasteiger partial charge in [-0.15, -0.1) is 0 Å². The highest BCUT2D eigenvalue weighted by atomic mass is 32.2. The third kappa shape index (κ3) is 9.28. The molecule has 1 heterocycles. The number of carbonyl (C=O) groups excluding carboxylic acids is 1. The summed E-state index contributed by atoms with van der Waals surface area (Å²) >= 11 is 0. The Morgan fingerprint density at radius 3 is 2.50 bits per heavy atom. The SMILES string of the molecule is CC(=O)NCCCOCCCC[C@H]1CN(S(=O)(=O)c2cccc(C(F)(F)F)c2)c2cc(-c3cc(F)cc(OC(F)F)c3)ccc2O1. The number of carbonyl (C=O) groups is 1. The highest BCUT2D eigenvalue weighted by Crippen LogP contribution is 2.42. The van der Waals surface area contributed by atoms with Crippen molar-refractivity contribution in [3.8, 4) is 22.6 Å². The Labute approximate surface area is 262 Å². The van der Waals surface area contributed by atoms with Crippen molar-refractivity contribution in [2.24, 2.45) is 0 Å². The molecular weight excluding hydrogens is 642 g/mol. The number of benzene rings is 3. The normalized spacial score (nSPS) is 15.0. The lowest BCUT2D eigenvalue weighted by Crippen LogP contribution is -2.43. The maximum absolute atomic E-state index is 14.3. The molecule has 1 atom stereocenters. The van der Waals surface area contributed by atoms with Gasteiger partial charge in [0.2, 0.25) is 5.91 Å². The molecule has 3 aromatic carbocycles. The van der Waals surface area contributed by atoms with Crippen LogP contribution in [0.15, 0.2) is 65.6 Å². The van der Waals surface area contributed by atoms with Crippen LogP contribution in [0.3, 0.4) is 0 Å². The number of unbranched alkanes of at least 4 members (excludes halogenated alkanes) is 1. The van der Waals surface area contributed by atoms with E-state index >= 15 is 0 Å². The minimum absolute atomic E-state index is 0.0192. The Balaban J connectivity index is 1.58. The molecule has 1 N–H and O–H groups in total. The monoisotopic (exact) mass is 674 g/mol. The first-order chi connectivity index (χ1) is 21.7. The number of anilines is 1. The average molecular weight is 675 g/mol. The summed E-state index contributed by atoms with van der Waals surface area (Å²) in [6.45, 7) is -0.671. The molecule has 0 spiro atoms. The molecule has 0 unspecified atom stereocenters. The highest BCUT2D eigenvalue weighted by Gasteiger charge is 2.37. The van der Waals surface area contributed by atoms with Gasteiger partial charge in [-0.05, 0) is 79.3 Å². The zero-order valence-electron chi connectivity index (χ0n) is 24.7. The van der Waals surface area contributed by atoms with Gasteiger partial charge in [0, 0.05) is 32.7 Å². The number of amides is 1. The molecule has 0 radical (unpaired) electrons. The summed E-state index contributed by atoms with van der Waals surface area (Å²) < 4.78 is 125. The van der Waals surface area contributed by atoms with Gasteiger partial charge in [-0.25, -0.2) is 12.8 Å². The van der Waals surface area contributed by atoms with Crippen molar-refractivity contribution < 1.29 is 53.8 Å². The van der Waals surface area contributed by atoms with E-state index in [4.69, 9.17) is 9.47 Å². The molecule has 250 valence electrons. The molecule has 0 saturated carbocycles. The van der Waals surface area contributed by atoms with Crippen molar-refractivity contribution in [2.45, 2.75) is 56.4 Å². The molecule has 0 aromatic heterocycles. The fourth-order valence-corrected chi connectivity index (χ4v) is 6.39. The summed E-state index contributed by atoms with van der Waals surface area (Å²) in [4.78, 5) is 10.3. The molecule has 1 amide bonds. The van der Waals surface area contributed by atoms with Crippen LogP contribution in [0.4, 0.5) is 32.0 Å². The molecule has 3 aromatic rings. The van der Waals surface area contributed by atoms with Gasteiger partial charge in [-0.2, -0.15) is 22.0 Å². The second-order valence-electron chi connectivity index (χ2n) is 10.5. The summed E-state index contributed by atoms with van der Waals surface area (Å²) in [6, 6.07) is 10.6. The van der Waals surface area contributed by atoms with E-state index in [2.05, 4.69) is 10.1 Å². The molecule has 0 aliphatic carbocycles. The second kappa shape index (κ2) is 15.1. The van der Waals surface area contributed by atoms with Crippen molar-refractivity contribution in [1.29, 1.82) is 0 Å². The van der Waals surface area contributed by atoms with Crippen LogP contribution in [0.2, 0.25) is 0 Å². The van der Waals surface area contributed by atoms with E-state index in [9.17, 15) is 39.6 Å². The molecule has 0 fully saturated rings. The third-order valence-corrected chi connectivity index (χ3v) is 8.75. The van der Waals surface area contributed by atoms with Crippen LogP contribution < -0.4 is 19.1 Å². The van der Waals surface area contributed by atoms with E-state index in [-0.39, 0.29) is 35.0 Å². The molecule has 4 rings (SSSR count). The van der Waals surface area contributed by atoms with E-state index in [1.807, 2.05) is 0 Å². The van der Waals surface area contributed by atoms with E-state index in [1.165, 1.54) is 25.1 Å². The summed E-state index contributed by atoms with van der Waals surface area (Å²) in [6.07, 6.45) is -3.22. The number of nitrogens with one attached hydrogen (secondary N) is 1. The number of nitrogens with zero attached hydrogens (tertiary/aromatic N) is 1. The van der Waals surface area contributed by atoms with Crippen LogP contribution in [0, 0.1) is 5.82 Å². The molecule has 0 saturated heterocycles. The highest BCUT2D eigenvalue weighted by molar-refractivity contribution is 7.92. The van der Waals surface area contributed by atoms with E-state index < -0.39 is 50.9 Å². The fourth-order valence-electron chi connectivity index (χ4n) is 4.85. The second-order valence-corrected chi connectivity index (χ2v) is 12.3. The van der Waals surface area contributed by atoms with E-state index in [1.54, 1.807) is 0 Å². The van der Waals surface area contributed by atoms with Crippen molar-refractivity contribution in [2.75, 3.05) is 30.6 Å². The van der Waals surface area contributed by atoms with Gasteiger partial charge < -0.3 is 19.5 Å². The molecule has 46 heavy (non-hydrogen) atoms. The lowest BCUT2D eigenvalue weighted by atomic mass is 10.0. The number of rotatable bonds is 14. The van der Waals surface area contributed by atoms with Gasteiger partial charge in [-0.1, -0.05) is 12.1 Å². The number of hydrogen-bond donors (Lipinski definition) is 1. The molecule has 15 heteroatoms. The van der Waals surface area contributed by atoms with Crippen LogP contribution in [-0.2, 0) is 25.7 Å². The minimum atomic E-state index is -4.79. The van der Waals surface area contributed by atoms with Crippen LogP contribution in [0.5, 0.6) is 11.5 Å². The van der Waals surface area contributed by atoms with Crippen LogP contribution in [0.25, 0.3) is 11.1 Å². The summed E-state index contributed by atoms with van der Waals surface area (Å²) in [5.74, 6) is -1.35. The van der Waals surface area contributed by atoms with Gasteiger partial charge in [0.05, 0.1) is 22.7 Å². The van der Waals surface area contributed by atoms with Crippen molar-refractivity contribution in [3.05, 3.63) is 72.0 Å². The number of fused-ring (bicyclic) bond motifs is 1. The molecule has 1 aliphatic rings. The molecule has 0 bridgehead atoms. The van der Waals surface area contributed by atoms with Gasteiger partial charge in [-0.3, -0.25) is 9.10 Å². The van der Waals surface area contributed by atoms with E-state index in [0.717, 1.165) is 40.7 Å². The maximum Gasteiger partial charge on any atom is 0.416 e. The van der Waals surface area contributed by atoms with Crippen LogP contribution in [-0.4, -0.2) is 53.3 Å². The summed E-state index contributed by atoms with van der Waals surface area (Å²) in [5.41, 5.74) is -0.849. The Bertz CT molecular complexity index is 1620. The van der Waals surface area contributed by atoms with Crippen molar-refractivity contribution in [3.63, 3.8) is 0 Å². The number of ether oxygens (including phenoxy) is 3. The topological polar surface area (TPSA) is 94.2 Å². The van der Waals surface area contributed by atoms with Gasteiger partial charge in [0.1, 0.15) is 23.4 Å². The van der Waals surface area contributed by atoms with Gasteiger partial charge in [0.15, 0.2) is 0 Å². The predicted molar refractivity (Wildman–Crippen MR) is 157 cm³/mol. The first-order valence-corrected chi connectivity index (χ1v) is 15.8. The number of hydrogen-bond acceptors (Lipinski definition) is 6. The van der Waals surface area contributed by atoms with Gasteiger partial charge >= 0.3 is 12.8 Å². The predicted octanol–water partition coefficient (Wildman–Crippen LogP) is 6.78. The van der Waals surface area contributed by atoms with E-state index in [0.29, 0.717) is 51.5 Å². The largest absolute Gasteiger partial charge is 0.486 e. The van der Waals surface area contributed by atoms with Crippen LogP contribution >= 0.6 is 0 Å². The average Bonchev–Trinajstić information content (AvgIpc) is 2.98. The standard InChI is InChI=1S/C31H32F6N2O6S/c1-20(40)38-11-5-13-43-12-3-2-7-25-19-39(46(41,42)27-8-4-6-23(17-27)31(35,36)37)28-16-21(9-10-29(28)44-25)22-14-24(32)18-26(15-22)45-30(33)34/h4,6,8-10,14-18,25,30H,2-3,5,7,11-13,19H2,1H3,(H,38,40)/t25-/m0/s1. The quantitative estimate of drug-likeness (QED) is 0.150. The van der Waals surface area contributed by atoms with Crippen molar-refractivity contribution in [1.82, 2.24) is 5.32 Å². The maximum atomic E-state index is 14.3. The van der Waals surface area contributed by atoms with Crippen molar-refractivity contribution >= 4 is 21.6 Å². The lowest BCUT2D eigenvalue weighted by molar-refractivity contribution is -0.137. The van der Waals surface area contributed by atoms with Gasteiger partial charge in [0.25, 0.3) is 10.0 Å². The molecule has 8 nitrogen and oxygen atoms in total. The Hall–Kier alpha value is -3.98. The smallest absolute Gasteiger partial charge is 0.416 e. The Morgan fingerprint density at radius 2 is 1.78 bits per heavy atom. The first-order valence-electron chi connectivity index (χ1n) is 14.3. The zero-order chi connectivity index (χ0) is 33.5. The lowest BCUT2D eigenvalue weighted by Gasteiger charge is -2.36. The number of sulfonamides is 1. The molecular formula is C31H32F6N2O6S. The number of alkyl halides is 5. The first kappa shape index (κ1) is 34.9. The van der Waals surface area contributed by atoms with Crippen LogP contribution in [0.1, 0.15) is 38.2 Å². The summed E-state index contributed by atoms with van der Waals surface area (Å²) in [5, 5.41) is 2.67. The third-order valence-electron chi connectivity index (χ3n) is 6.97.